The smallest absolute Gasteiger partial charge is 0.250 e. The van der Waals surface area contributed by atoms with Crippen LogP contribution in [0.25, 0.3) is 0 Å². The Bertz CT molecular complexity index is 866. The fourth-order valence-electron chi connectivity index (χ4n) is 5.04. The van der Waals surface area contributed by atoms with Gasteiger partial charge in [-0.2, -0.15) is 0 Å². The summed E-state index contributed by atoms with van der Waals surface area (Å²) < 4.78 is 5.37. The maximum Gasteiger partial charge on any atom is 0.250 e. The van der Waals surface area contributed by atoms with Crippen LogP contribution in [0.1, 0.15) is 33.1 Å². The first-order chi connectivity index (χ1) is 14.9. The Morgan fingerprint density at radius 3 is 2.74 bits per heavy atom. The molecule has 2 amide bonds. The molecule has 3 saturated heterocycles. The number of hydrogen-bond acceptors (Lipinski definition) is 5. The van der Waals surface area contributed by atoms with Crippen molar-refractivity contribution in [3.63, 3.8) is 0 Å². The number of hydrogen-bond donors (Lipinski definition) is 1. The van der Waals surface area contributed by atoms with Crippen molar-refractivity contribution in [3.8, 4) is 5.75 Å². The first kappa shape index (κ1) is 22.2. The summed E-state index contributed by atoms with van der Waals surface area (Å²) in [4.78, 5) is 31.0. The minimum atomic E-state index is -0.403. The highest BCUT2D eigenvalue weighted by Crippen LogP contribution is 2.38. The number of carbonyl (C=O) groups is 2. The van der Waals surface area contributed by atoms with E-state index in [1.165, 1.54) is 12.8 Å². The second kappa shape index (κ2) is 9.25. The predicted molar refractivity (Wildman–Crippen MR) is 125 cm³/mol. The van der Waals surface area contributed by atoms with Gasteiger partial charge >= 0.3 is 0 Å². The molecule has 0 saturated carbocycles. The fourth-order valence-corrected chi connectivity index (χ4v) is 5.88. The first-order valence-corrected chi connectivity index (χ1v) is 12.2. The molecule has 1 aromatic rings. The van der Waals surface area contributed by atoms with E-state index in [0.717, 1.165) is 41.7 Å². The van der Waals surface area contributed by atoms with Gasteiger partial charge in [0, 0.05) is 41.9 Å². The average Bonchev–Trinajstić information content (AvgIpc) is 2.76. The van der Waals surface area contributed by atoms with Crippen molar-refractivity contribution < 1.29 is 14.3 Å². The van der Waals surface area contributed by atoms with Crippen LogP contribution in [-0.2, 0) is 9.59 Å². The second-order valence-electron chi connectivity index (χ2n) is 9.17. The topological polar surface area (TPSA) is 61.9 Å². The van der Waals surface area contributed by atoms with Crippen LogP contribution in [0.5, 0.6) is 5.75 Å². The summed E-state index contributed by atoms with van der Waals surface area (Å²) in [5.41, 5.74) is 0.478. The average molecular weight is 444 g/mol. The molecule has 4 heterocycles. The summed E-state index contributed by atoms with van der Waals surface area (Å²) in [5.74, 6) is 2.32. The lowest BCUT2D eigenvalue weighted by Gasteiger charge is -2.45. The molecule has 7 heteroatoms. The third kappa shape index (κ3) is 4.93. The number of piperidine rings is 3. The Morgan fingerprint density at radius 1 is 1.32 bits per heavy atom. The first-order valence-electron chi connectivity index (χ1n) is 11.2. The largest absolute Gasteiger partial charge is 0.497 e. The van der Waals surface area contributed by atoms with Crippen LogP contribution in [-0.4, -0.2) is 61.8 Å². The molecule has 1 N–H and O–H groups in total. The van der Waals surface area contributed by atoms with Crippen molar-refractivity contribution in [3.05, 3.63) is 30.4 Å². The lowest BCUT2D eigenvalue weighted by molar-refractivity contribution is -0.125. The Balaban J connectivity index is 1.47. The van der Waals surface area contributed by atoms with Crippen LogP contribution in [0.2, 0.25) is 0 Å². The predicted octanol–water partition coefficient (Wildman–Crippen LogP) is 3.32. The zero-order valence-corrected chi connectivity index (χ0v) is 19.5. The van der Waals surface area contributed by atoms with E-state index in [-0.39, 0.29) is 17.9 Å². The van der Waals surface area contributed by atoms with Gasteiger partial charge in [0.05, 0.1) is 12.8 Å². The van der Waals surface area contributed by atoms with Gasteiger partial charge in [-0.05, 0) is 55.8 Å². The molecule has 4 aliphatic heterocycles. The highest BCUT2D eigenvalue weighted by Gasteiger charge is 2.38. The third-order valence-corrected chi connectivity index (χ3v) is 7.66. The molecule has 0 aromatic heterocycles. The molecule has 0 radical (unpaired) electrons. The number of nitrogens with one attached hydrogen (secondary N) is 1. The van der Waals surface area contributed by atoms with E-state index < -0.39 is 5.41 Å². The summed E-state index contributed by atoms with van der Waals surface area (Å²) in [6, 6.07) is 6.07. The van der Waals surface area contributed by atoms with Crippen LogP contribution in [0, 0.1) is 11.3 Å². The highest BCUT2D eigenvalue weighted by molar-refractivity contribution is 7.99. The van der Waals surface area contributed by atoms with Gasteiger partial charge in [0.15, 0.2) is 0 Å². The third-order valence-electron chi connectivity index (χ3n) is 6.74. The van der Waals surface area contributed by atoms with Crippen molar-refractivity contribution in [2.24, 2.45) is 11.3 Å². The van der Waals surface area contributed by atoms with Crippen molar-refractivity contribution >= 4 is 29.3 Å². The second-order valence-corrected chi connectivity index (χ2v) is 10.5. The number of fused-ring (bicyclic) bond motifs is 3. The lowest BCUT2D eigenvalue weighted by atomic mass is 9.81. The van der Waals surface area contributed by atoms with Crippen molar-refractivity contribution in [1.82, 2.24) is 10.2 Å². The molecule has 168 valence electrons. The number of anilines is 1. The number of thioether (sulfide) groups is 1. The molecule has 31 heavy (non-hydrogen) atoms. The van der Waals surface area contributed by atoms with Crippen LogP contribution >= 0.6 is 11.8 Å². The number of carbonyl (C=O) groups excluding carboxylic acids is 2. The molecular formula is C24H33N3O3S. The zero-order chi connectivity index (χ0) is 22.0. The van der Waals surface area contributed by atoms with E-state index in [9.17, 15) is 9.59 Å². The molecule has 4 aliphatic rings. The van der Waals surface area contributed by atoms with E-state index in [1.807, 2.05) is 24.3 Å². The molecule has 2 atom stereocenters. The van der Waals surface area contributed by atoms with Crippen LogP contribution in [0.15, 0.2) is 35.2 Å². The van der Waals surface area contributed by atoms with E-state index in [0.29, 0.717) is 18.9 Å². The Hall–Kier alpha value is -1.99. The van der Waals surface area contributed by atoms with Crippen LogP contribution in [0.3, 0.4) is 0 Å². The van der Waals surface area contributed by atoms with Gasteiger partial charge in [0.25, 0.3) is 5.91 Å². The minimum absolute atomic E-state index is 0.0432. The molecular weight excluding hydrogens is 410 g/mol. The quantitative estimate of drug-likeness (QED) is 0.655. The number of benzene rings is 1. The van der Waals surface area contributed by atoms with E-state index in [2.05, 4.69) is 24.1 Å². The van der Waals surface area contributed by atoms with Gasteiger partial charge in [-0.1, -0.05) is 19.9 Å². The van der Waals surface area contributed by atoms with Crippen molar-refractivity contribution in [1.29, 1.82) is 0 Å². The summed E-state index contributed by atoms with van der Waals surface area (Å²) >= 11 is 1.69. The molecule has 5 rings (SSSR count). The molecule has 0 spiro atoms. The number of nitrogens with zero attached hydrogens (tertiary/aromatic N) is 2. The van der Waals surface area contributed by atoms with Crippen LogP contribution in [0.4, 0.5) is 5.69 Å². The summed E-state index contributed by atoms with van der Waals surface area (Å²) in [5, 5.41) is 3.30. The van der Waals surface area contributed by atoms with Crippen molar-refractivity contribution in [2.75, 3.05) is 43.9 Å². The van der Waals surface area contributed by atoms with E-state index >= 15 is 0 Å². The van der Waals surface area contributed by atoms with Gasteiger partial charge in [-0.15, -0.1) is 11.8 Å². The molecule has 2 bridgehead atoms. The molecule has 1 aromatic carbocycles. The Labute approximate surface area is 189 Å². The maximum atomic E-state index is 13.0. The molecule has 6 nitrogen and oxygen atoms in total. The van der Waals surface area contributed by atoms with Gasteiger partial charge < -0.3 is 19.9 Å². The summed E-state index contributed by atoms with van der Waals surface area (Å²) in [7, 11) is 1.65. The van der Waals surface area contributed by atoms with Gasteiger partial charge in [0.1, 0.15) is 5.75 Å². The highest BCUT2D eigenvalue weighted by atomic mass is 32.2. The standard InChI is InChI=1S/C24H33N3O3S/c1-4-31-21-13-18(30-3)5-6-20(21)27-16-24(2,10-7-23(27)29)14-22(28)25-19-15-26-11-8-17(19)9-12-26/h5-7,10,13,17,19H,4,8-9,11-12,14-16H2,1-3H3,(H,25,28). The van der Waals surface area contributed by atoms with E-state index in [4.69, 9.17) is 4.74 Å². The molecule has 3 fully saturated rings. The Kier molecular flexibility index (Phi) is 6.63. The van der Waals surface area contributed by atoms with Gasteiger partial charge in [-0.3, -0.25) is 9.59 Å². The summed E-state index contributed by atoms with van der Waals surface area (Å²) in [6.07, 6.45) is 6.27. The Morgan fingerprint density at radius 2 is 2.10 bits per heavy atom. The fraction of sp³-hybridized carbons (Fsp3) is 0.583. The monoisotopic (exact) mass is 443 g/mol. The minimum Gasteiger partial charge on any atom is -0.497 e. The van der Waals surface area contributed by atoms with E-state index in [1.54, 1.807) is 29.8 Å². The normalized spacial score (nSPS) is 29.8. The SMILES string of the molecule is CCSc1cc(OC)ccc1N1CC(C)(CC(=O)NC2CN3CCC2CC3)C=CC1=O. The number of methoxy groups -OCH3 is 1. The molecule has 2 unspecified atom stereocenters. The number of rotatable bonds is 7. The number of ether oxygens (including phenoxy) is 1. The molecule has 0 aliphatic carbocycles. The zero-order valence-electron chi connectivity index (χ0n) is 18.7. The number of amides is 2. The van der Waals surface area contributed by atoms with Gasteiger partial charge in [-0.25, -0.2) is 0 Å². The lowest BCUT2D eigenvalue weighted by Crippen LogP contribution is -2.57. The van der Waals surface area contributed by atoms with Gasteiger partial charge in [0.2, 0.25) is 5.91 Å². The van der Waals surface area contributed by atoms with Crippen LogP contribution < -0.4 is 15.0 Å². The summed E-state index contributed by atoms with van der Waals surface area (Å²) in [6.45, 7) is 7.93. The maximum absolute atomic E-state index is 13.0. The van der Waals surface area contributed by atoms with Crippen molar-refractivity contribution in [2.45, 2.75) is 44.0 Å².